The Morgan fingerprint density at radius 1 is 1.38 bits per heavy atom. The molecule has 0 radical (unpaired) electrons. The second-order valence-electron chi connectivity index (χ2n) is 2.41. The Hall–Kier alpha value is -0.0900. The minimum atomic E-state index is -1.56. The van der Waals surface area contributed by atoms with Crippen LogP contribution >= 0.6 is 34.8 Å². The van der Waals surface area contributed by atoms with Crippen molar-refractivity contribution in [3.63, 3.8) is 0 Å². The van der Waals surface area contributed by atoms with Crippen LogP contribution in [0.2, 0.25) is 0 Å². The van der Waals surface area contributed by atoms with Crippen molar-refractivity contribution in [1.82, 2.24) is 9.97 Å². The molecule has 0 aliphatic rings. The number of hydrogen-bond donors (Lipinski definition) is 1. The summed E-state index contributed by atoms with van der Waals surface area (Å²) in [7, 11) is 0. The Bertz CT molecular complexity index is 285. The van der Waals surface area contributed by atoms with Crippen molar-refractivity contribution >= 4 is 34.8 Å². The third-order valence-corrected chi connectivity index (χ3v) is 1.87. The first-order valence-corrected chi connectivity index (χ1v) is 4.76. The number of alkyl halides is 3. The number of hydrogen-bond acceptors (Lipinski definition) is 3. The van der Waals surface area contributed by atoms with Crippen molar-refractivity contribution in [3.8, 4) is 0 Å². The van der Waals surface area contributed by atoms with Gasteiger partial charge in [-0.25, -0.2) is 9.97 Å². The second-order valence-corrected chi connectivity index (χ2v) is 4.69. The van der Waals surface area contributed by atoms with Crippen LogP contribution in [-0.4, -0.2) is 16.5 Å². The first kappa shape index (κ1) is 11.0. The molecular weight excluding hydrogens is 232 g/mol. The Labute approximate surface area is 91.2 Å². The van der Waals surface area contributed by atoms with Gasteiger partial charge in [0.1, 0.15) is 0 Å². The summed E-state index contributed by atoms with van der Waals surface area (Å²) in [5, 5.41) is 0. The van der Waals surface area contributed by atoms with Gasteiger partial charge in [-0.2, -0.15) is 0 Å². The Balaban J connectivity index is 2.92. The maximum atomic E-state index is 5.61. The standard InChI is InChI=1S/C7H8Cl3N3/c8-7(9,10)6-12-4-2-5(13-6)1-3-11/h2,4H,1,3,11H2. The number of nitrogens with zero attached hydrogens (tertiary/aromatic N) is 2. The lowest BCUT2D eigenvalue weighted by Crippen LogP contribution is -2.11. The number of nitrogens with two attached hydrogens (primary N) is 1. The molecule has 1 heterocycles. The molecule has 0 aromatic carbocycles. The minimum Gasteiger partial charge on any atom is -0.330 e. The molecule has 0 spiro atoms. The lowest BCUT2D eigenvalue weighted by Gasteiger charge is -2.09. The molecule has 1 rings (SSSR count). The molecule has 1 aromatic rings. The predicted molar refractivity (Wildman–Crippen MR) is 54.0 cm³/mol. The third-order valence-electron chi connectivity index (χ3n) is 1.37. The van der Waals surface area contributed by atoms with Crippen molar-refractivity contribution in [2.75, 3.05) is 6.54 Å². The van der Waals surface area contributed by atoms with Crippen LogP contribution in [0.15, 0.2) is 12.3 Å². The minimum absolute atomic E-state index is 0.184. The van der Waals surface area contributed by atoms with Crippen molar-refractivity contribution < 1.29 is 0 Å². The second kappa shape index (κ2) is 4.42. The molecule has 0 aliphatic carbocycles. The molecule has 0 amide bonds. The van der Waals surface area contributed by atoms with E-state index < -0.39 is 3.79 Å². The topological polar surface area (TPSA) is 51.8 Å². The number of aromatic nitrogens is 2. The largest absolute Gasteiger partial charge is 0.330 e. The van der Waals surface area contributed by atoms with Gasteiger partial charge in [-0.1, -0.05) is 34.8 Å². The highest BCUT2D eigenvalue weighted by Crippen LogP contribution is 2.35. The van der Waals surface area contributed by atoms with E-state index in [0.29, 0.717) is 13.0 Å². The average molecular weight is 241 g/mol. The fourth-order valence-electron chi connectivity index (χ4n) is 0.820. The zero-order valence-electron chi connectivity index (χ0n) is 6.67. The summed E-state index contributed by atoms with van der Waals surface area (Å²) in [4.78, 5) is 7.89. The van der Waals surface area contributed by atoms with Crippen LogP contribution < -0.4 is 5.73 Å². The molecule has 13 heavy (non-hydrogen) atoms. The van der Waals surface area contributed by atoms with Crippen LogP contribution in [0, 0.1) is 0 Å². The van der Waals surface area contributed by atoms with Crippen LogP contribution in [-0.2, 0) is 10.2 Å². The molecule has 72 valence electrons. The molecule has 0 fully saturated rings. The van der Waals surface area contributed by atoms with Crippen LogP contribution in [0.3, 0.4) is 0 Å². The monoisotopic (exact) mass is 239 g/mol. The molecule has 1 aromatic heterocycles. The van der Waals surface area contributed by atoms with Crippen molar-refractivity contribution in [1.29, 1.82) is 0 Å². The first-order chi connectivity index (χ1) is 6.04. The Kier molecular flexibility index (Phi) is 3.74. The molecule has 0 saturated carbocycles. The molecule has 2 N–H and O–H groups in total. The van der Waals surface area contributed by atoms with E-state index in [4.69, 9.17) is 40.5 Å². The highest BCUT2D eigenvalue weighted by Gasteiger charge is 2.26. The van der Waals surface area contributed by atoms with Crippen molar-refractivity contribution in [3.05, 3.63) is 23.8 Å². The lowest BCUT2D eigenvalue weighted by atomic mass is 10.3. The zero-order chi connectivity index (χ0) is 9.90. The van der Waals surface area contributed by atoms with Gasteiger partial charge in [0, 0.05) is 18.3 Å². The molecule has 0 atom stereocenters. The van der Waals surface area contributed by atoms with Gasteiger partial charge < -0.3 is 5.73 Å². The van der Waals surface area contributed by atoms with Crippen LogP contribution in [0.4, 0.5) is 0 Å². The van der Waals surface area contributed by atoms with Gasteiger partial charge in [-0.05, 0) is 12.6 Å². The van der Waals surface area contributed by atoms with Crippen molar-refractivity contribution in [2.45, 2.75) is 10.2 Å². The van der Waals surface area contributed by atoms with Gasteiger partial charge in [0.25, 0.3) is 0 Å². The van der Waals surface area contributed by atoms with E-state index in [9.17, 15) is 0 Å². The lowest BCUT2D eigenvalue weighted by molar-refractivity contribution is 0.864. The molecule has 0 unspecified atom stereocenters. The summed E-state index contributed by atoms with van der Waals surface area (Å²) in [6, 6.07) is 1.74. The van der Waals surface area contributed by atoms with Gasteiger partial charge in [0.2, 0.25) is 3.79 Å². The molecule has 0 bridgehead atoms. The molecular formula is C7H8Cl3N3. The predicted octanol–water partition coefficient (Wildman–Crippen LogP) is 1.80. The van der Waals surface area contributed by atoms with Gasteiger partial charge in [0.15, 0.2) is 5.82 Å². The first-order valence-electron chi connectivity index (χ1n) is 3.63. The quantitative estimate of drug-likeness (QED) is 0.802. The zero-order valence-corrected chi connectivity index (χ0v) is 8.94. The average Bonchev–Trinajstić information content (AvgIpc) is 2.04. The maximum absolute atomic E-state index is 5.61. The third kappa shape index (κ3) is 3.27. The van der Waals surface area contributed by atoms with Crippen LogP contribution in [0.1, 0.15) is 11.5 Å². The fraction of sp³-hybridized carbons (Fsp3) is 0.429. The summed E-state index contributed by atoms with van der Waals surface area (Å²) in [5.41, 5.74) is 6.14. The van der Waals surface area contributed by atoms with Crippen LogP contribution in [0.5, 0.6) is 0 Å². The Morgan fingerprint density at radius 2 is 2.08 bits per heavy atom. The Morgan fingerprint density at radius 3 is 2.62 bits per heavy atom. The van der Waals surface area contributed by atoms with E-state index >= 15 is 0 Å². The maximum Gasteiger partial charge on any atom is 0.250 e. The van der Waals surface area contributed by atoms with E-state index in [1.54, 1.807) is 12.3 Å². The van der Waals surface area contributed by atoms with E-state index in [1.165, 1.54) is 0 Å². The smallest absolute Gasteiger partial charge is 0.250 e. The summed E-state index contributed by atoms with van der Waals surface area (Å²) >= 11 is 16.8. The van der Waals surface area contributed by atoms with Crippen molar-refractivity contribution in [2.24, 2.45) is 5.73 Å². The fourth-order valence-corrected chi connectivity index (χ4v) is 1.09. The molecule has 0 aliphatic heterocycles. The highest BCUT2D eigenvalue weighted by atomic mass is 35.6. The van der Waals surface area contributed by atoms with Gasteiger partial charge in [-0.15, -0.1) is 0 Å². The number of halogens is 3. The van der Waals surface area contributed by atoms with E-state index in [-0.39, 0.29) is 5.82 Å². The van der Waals surface area contributed by atoms with E-state index in [0.717, 1.165) is 5.69 Å². The normalized spacial score (nSPS) is 11.7. The highest BCUT2D eigenvalue weighted by molar-refractivity contribution is 6.66. The number of rotatable bonds is 2. The summed E-state index contributed by atoms with van der Waals surface area (Å²) in [6.45, 7) is 0.510. The van der Waals surface area contributed by atoms with E-state index in [2.05, 4.69) is 9.97 Å². The van der Waals surface area contributed by atoms with Crippen LogP contribution in [0.25, 0.3) is 0 Å². The molecule has 3 nitrogen and oxygen atoms in total. The van der Waals surface area contributed by atoms with Gasteiger partial charge in [0.05, 0.1) is 0 Å². The molecule has 6 heteroatoms. The van der Waals surface area contributed by atoms with Gasteiger partial charge in [-0.3, -0.25) is 0 Å². The summed E-state index contributed by atoms with van der Waals surface area (Å²) < 4.78 is -1.56. The molecule has 0 saturated heterocycles. The summed E-state index contributed by atoms with van der Waals surface area (Å²) in [6.07, 6.45) is 2.20. The van der Waals surface area contributed by atoms with Gasteiger partial charge >= 0.3 is 0 Å². The van der Waals surface area contributed by atoms with E-state index in [1.807, 2.05) is 0 Å². The summed E-state index contributed by atoms with van der Waals surface area (Å²) in [5.74, 6) is 0.184. The SMILES string of the molecule is NCCc1ccnc(C(Cl)(Cl)Cl)n1.